The number of hydrogen-bond donors (Lipinski definition) is 2. The van der Waals surface area contributed by atoms with Gasteiger partial charge in [0.25, 0.3) is 0 Å². The summed E-state index contributed by atoms with van der Waals surface area (Å²) < 4.78 is 14.8. The number of carbonyl (C=O) groups is 1. The predicted molar refractivity (Wildman–Crippen MR) is 91.1 cm³/mol. The van der Waals surface area contributed by atoms with Crippen LogP contribution in [0, 0.1) is 26.6 Å². The van der Waals surface area contributed by atoms with Crippen LogP contribution < -0.4 is 16.3 Å². The van der Waals surface area contributed by atoms with E-state index in [1.54, 1.807) is 26.8 Å². The first-order valence-electron chi connectivity index (χ1n) is 7.33. The van der Waals surface area contributed by atoms with Gasteiger partial charge in [0.05, 0.1) is 10.7 Å². The summed E-state index contributed by atoms with van der Waals surface area (Å²) in [6.45, 7) is 5.65. The minimum atomic E-state index is -0.492. The Morgan fingerprint density at radius 3 is 2.67 bits per heavy atom. The molecule has 0 aliphatic heterocycles. The Balaban J connectivity index is 1.95. The highest BCUT2D eigenvalue weighted by atomic mass is 35.5. The molecule has 2 amide bonds. The number of halogens is 2. The zero-order chi connectivity index (χ0) is 17.9. The first-order chi connectivity index (χ1) is 11.3. The lowest BCUT2D eigenvalue weighted by Crippen LogP contribution is -2.35. The van der Waals surface area contributed by atoms with Crippen molar-refractivity contribution in [3.05, 3.63) is 56.5 Å². The first kappa shape index (κ1) is 17.9. The molecular formula is C16H18ClFN4O2. The number of aromatic nitrogens is 2. The maximum Gasteiger partial charge on any atom is 0.348 e. The van der Waals surface area contributed by atoms with E-state index in [1.165, 1.54) is 10.6 Å². The zero-order valence-corrected chi connectivity index (χ0v) is 14.4. The van der Waals surface area contributed by atoms with Crippen LogP contribution in [0.5, 0.6) is 0 Å². The SMILES string of the molecule is Cc1cc(C)n(CCNC(=O)Nc2cc(C)c(F)cc2Cl)c(=O)n1. The summed E-state index contributed by atoms with van der Waals surface area (Å²) >= 11 is 5.90. The number of urea groups is 1. The summed E-state index contributed by atoms with van der Waals surface area (Å²) in [6.07, 6.45) is 0. The topological polar surface area (TPSA) is 76.0 Å². The fourth-order valence-electron chi connectivity index (χ4n) is 2.25. The fraction of sp³-hybridized carbons (Fsp3) is 0.312. The third-order valence-corrected chi connectivity index (χ3v) is 3.78. The molecule has 0 radical (unpaired) electrons. The predicted octanol–water partition coefficient (Wildman–Crippen LogP) is 2.78. The molecule has 0 unspecified atom stereocenters. The molecule has 2 aromatic rings. The third-order valence-electron chi connectivity index (χ3n) is 3.46. The van der Waals surface area contributed by atoms with Gasteiger partial charge in [-0.15, -0.1) is 0 Å². The van der Waals surface area contributed by atoms with Gasteiger partial charge in [-0.3, -0.25) is 4.57 Å². The van der Waals surface area contributed by atoms with Crippen molar-refractivity contribution in [3.63, 3.8) is 0 Å². The maximum atomic E-state index is 13.3. The monoisotopic (exact) mass is 352 g/mol. The molecule has 2 N–H and O–H groups in total. The van der Waals surface area contributed by atoms with E-state index in [0.29, 0.717) is 23.5 Å². The van der Waals surface area contributed by atoms with Gasteiger partial charge in [-0.2, -0.15) is 4.98 Å². The highest BCUT2D eigenvalue weighted by Gasteiger charge is 2.09. The Bertz CT molecular complexity index is 836. The number of carbonyl (C=O) groups excluding carboxylic acids is 1. The second-order valence-corrected chi connectivity index (χ2v) is 5.84. The van der Waals surface area contributed by atoms with Crippen LogP contribution >= 0.6 is 11.6 Å². The van der Waals surface area contributed by atoms with Crippen LogP contribution in [0.4, 0.5) is 14.9 Å². The lowest BCUT2D eigenvalue weighted by molar-refractivity contribution is 0.251. The molecule has 0 fully saturated rings. The van der Waals surface area contributed by atoms with Crippen LogP contribution in [0.15, 0.2) is 23.0 Å². The van der Waals surface area contributed by atoms with Gasteiger partial charge in [0.1, 0.15) is 5.82 Å². The van der Waals surface area contributed by atoms with E-state index in [4.69, 9.17) is 11.6 Å². The Hall–Kier alpha value is -2.41. The average Bonchev–Trinajstić information content (AvgIpc) is 2.47. The Kier molecular flexibility index (Phi) is 5.56. The molecule has 1 aromatic carbocycles. The van der Waals surface area contributed by atoms with Gasteiger partial charge in [-0.05, 0) is 44.5 Å². The molecule has 0 aliphatic carbocycles. The molecule has 6 nitrogen and oxygen atoms in total. The molecule has 2 rings (SSSR count). The van der Waals surface area contributed by atoms with Crippen molar-refractivity contribution in [2.24, 2.45) is 0 Å². The van der Waals surface area contributed by atoms with Gasteiger partial charge in [0.15, 0.2) is 0 Å². The molecule has 1 heterocycles. The summed E-state index contributed by atoms with van der Waals surface area (Å²) in [5, 5.41) is 5.29. The third kappa shape index (κ3) is 4.32. The molecule has 0 aliphatic rings. The molecule has 0 spiro atoms. The highest BCUT2D eigenvalue weighted by molar-refractivity contribution is 6.33. The van der Waals surface area contributed by atoms with Crippen molar-refractivity contribution in [1.82, 2.24) is 14.9 Å². The lowest BCUT2D eigenvalue weighted by Gasteiger charge is -2.12. The van der Waals surface area contributed by atoms with Crippen LogP contribution in [0.25, 0.3) is 0 Å². The van der Waals surface area contributed by atoms with Gasteiger partial charge in [-0.1, -0.05) is 11.6 Å². The van der Waals surface area contributed by atoms with Crippen LogP contribution in [-0.2, 0) is 6.54 Å². The molecule has 0 bridgehead atoms. The van der Waals surface area contributed by atoms with Crippen LogP contribution in [0.3, 0.4) is 0 Å². The standard InChI is InChI=1S/C16H18ClFN4O2/c1-9-6-14(12(17)8-13(9)18)21-15(23)19-4-5-22-11(3)7-10(2)20-16(22)24/h6-8H,4-5H2,1-3H3,(H2,19,21,23). The average molecular weight is 353 g/mol. The highest BCUT2D eigenvalue weighted by Crippen LogP contribution is 2.24. The smallest absolute Gasteiger partial charge is 0.336 e. The number of nitrogens with one attached hydrogen (secondary N) is 2. The van der Waals surface area contributed by atoms with Gasteiger partial charge < -0.3 is 10.6 Å². The van der Waals surface area contributed by atoms with Crippen molar-refractivity contribution < 1.29 is 9.18 Å². The number of rotatable bonds is 4. The molecule has 0 atom stereocenters. The number of amides is 2. The molecular weight excluding hydrogens is 335 g/mol. The fourth-order valence-corrected chi connectivity index (χ4v) is 2.44. The van der Waals surface area contributed by atoms with E-state index in [0.717, 1.165) is 11.8 Å². The van der Waals surface area contributed by atoms with Crippen LogP contribution in [-0.4, -0.2) is 22.1 Å². The number of hydrogen-bond acceptors (Lipinski definition) is 3. The van der Waals surface area contributed by atoms with E-state index < -0.39 is 11.8 Å². The van der Waals surface area contributed by atoms with Crippen LogP contribution in [0.2, 0.25) is 5.02 Å². The van der Waals surface area contributed by atoms with E-state index in [9.17, 15) is 14.0 Å². The minimum Gasteiger partial charge on any atom is -0.336 e. The van der Waals surface area contributed by atoms with E-state index in [1.807, 2.05) is 0 Å². The van der Waals surface area contributed by atoms with E-state index in [-0.39, 0.29) is 17.3 Å². The Morgan fingerprint density at radius 1 is 1.29 bits per heavy atom. The number of nitrogens with zero attached hydrogens (tertiary/aromatic N) is 2. The number of aryl methyl sites for hydroxylation is 3. The number of benzene rings is 1. The first-order valence-corrected chi connectivity index (χ1v) is 7.71. The van der Waals surface area contributed by atoms with Crippen molar-refractivity contribution in [1.29, 1.82) is 0 Å². The van der Waals surface area contributed by atoms with Gasteiger partial charge in [0, 0.05) is 24.5 Å². The lowest BCUT2D eigenvalue weighted by atomic mass is 10.2. The molecule has 128 valence electrons. The molecule has 0 saturated carbocycles. The van der Waals surface area contributed by atoms with Crippen molar-refractivity contribution in [3.8, 4) is 0 Å². The maximum absolute atomic E-state index is 13.3. The van der Waals surface area contributed by atoms with E-state index in [2.05, 4.69) is 15.6 Å². The molecule has 8 heteroatoms. The quantitative estimate of drug-likeness (QED) is 0.888. The van der Waals surface area contributed by atoms with Gasteiger partial charge >= 0.3 is 11.7 Å². The summed E-state index contributed by atoms with van der Waals surface area (Å²) in [5.41, 5.74) is 1.76. The molecule has 1 aromatic heterocycles. The summed E-state index contributed by atoms with van der Waals surface area (Å²) in [6, 6.07) is 3.90. The summed E-state index contributed by atoms with van der Waals surface area (Å²) in [4.78, 5) is 27.6. The second kappa shape index (κ2) is 7.44. The number of anilines is 1. The van der Waals surface area contributed by atoms with Gasteiger partial charge in [-0.25, -0.2) is 14.0 Å². The Morgan fingerprint density at radius 2 is 2.00 bits per heavy atom. The van der Waals surface area contributed by atoms with Crippen molar-refractivity contribution in [2.45, 2.75) is 27.3 Å². The summed E-state index contributed by atoms with van der Waals surface area (Å²) in [7, 11) is 0. The summed E-state index contributed by atoms with van der Waals surface area (Å²) in [5.74, 6) is -0.437. The van der Waals surface area contributed by atoms with Crippen molar-refractivity contribution in [2.75, 3.05) is 11.9 Å². The second-order valence-electron chi connectivity index (χ2n) is 5.44. The largest absolute Gasteiger partial charge is 0.348 e. The van der Waals surface area contributed by atoms with Gasteiger partial charge in [0.2, 0.25) is 0 Å². The Labute approximate surface area is 143 Å². The van der Waals surface area contributed by atoms with E-state index >= 15 is 0 Å². The molecule has 24 heavy (non-hydrogen) atoms. The normalized spacial score (nSPS) is 10.5. The minimum absolute atomic E-state index is 0.114. The van der Waals surface area contributed by atoms with Crippen molar-refractivity contribution >= 4 is 23.3 Å². The molecule has 0 saturated heterocycles. The zero-order valence-electron chi connectivity index (χ0n) is 13.6. The van der Waals surface area contributed by atoms with Crippen LogP contribution in [0.1, 0.15) is 17.0 Å².